The van der Waals surface area contributed by atoms with Crippen LogP contribution < -0.4 is 4.74 Å². The first kappa shape index (κ1) is 13.5. The summed E-state index contributed by atoms with van der Waals surface area (Å²) in [6.45, 7) is 1.79. The summed E-state index contributed by atoms with van der Waals surface area (Å²) >= 11 is 0. The van der Waals surface area contributed by atoms with Crippen LogP contribution in [-0.4, -0.2) is 36.0 Å². The van der Waals surface area contributed by atoms with Gasteiger partial charge in [0.05, 0.1) is 13.7 Å². The molecule has 0 aliphatic heterocycles. The van der Waals surface area contributed by atoms with Crippen LogP contribution in [0, 0.1) is 0 Å². The van der Waals surface area contributed by atoms with Crippen LogP contribution in [0.1, 0.15) is 18.6 Å². The number of aliphatic hydroxyl groups is 2. The Balaban J connectivity index is 2.73. The number of ether oxygens (including phenoxy) is 2. The van der Waals surface area contributed by atoms with Crippen LogP contribution in [0.25, 0.3) is 0 Å². The van der Waals surface area contributed by atoms with Gasteiger partial charge < -0.3 is 19.7 Å². The van der Waals surface area contributed by atoms with Crippen LogP contribution in [0.2, 0.25) is 0 Å². The van der Waals surface area contributed by atoms with Crippen molar-refractivity contribution in [3.8, 4) is 5.75 Å². The lowest BCUT2D eigenvalue weighted by Gasteiger charge is -2.16. The molecule has 94 valence electrons. The molecular weight excluding hydrogens is 224 g/mol. The number of esters is 1. The maximum atomic E-state index is 11.2. The zero-order chi connectivity index (χ0) is 12.8. The third-order valence-corrected chi connectivity index (χ3v) is 2.28. The predicted octanol–water partition coefficient (Wildman–Crippen LogP) is 0.653. The van der Waals surface area contributed by atoms with E-state index in [9.17, 15) is 15.0 Å². The van der Waals surface area contributed by atoms with Crippen molar-refractivity contribution in [3.63, 3.8) is 0 Å². The molecule has 0 spiro atoms. The molecule has 0 aliphatic rings. The molecule has 0 amide bonds. The zero-order valence-electron chi connectivity index (χ0n) is 9.79. The molecule has 2 atom stereocenters. The molecule has 1 aromatic rings. The van der Waals surface area contributed by atoms with Crippen LogP contribution in [-0.2, 0) is 9.53 Å². The standard InChI is InChI=1S/C12H16O5/c1-3-17-12(15)11(14)10(13)8-4-6-9(16-2)7-5-8/h4-7,10-11,13-14H,3H2,1-2H3/t10-,11+/m1/s1. The second-order valence-electron chi connectivity index (χ2n) is 3.41. The summed E-state index contributed by atoms with van der Waals surface area (Å²) in [5, 5.41) is 19.3. The molecule has 0 unspecified atom stereocenters. The monoisotopic (exact) mass is 240 g/mol. The van der Waals surface area contributed by atoms with Gasteiger partial charge in [-0.25, -0.2) is 4.79 Å². The van der Waals surface area contributed by atoms with E-state index in [-0.39, 0.29) is 6.61 Å². The first-order valence-corrected chi connectivity index (χ1v) is 5.26. The summed E-state index contributed by atoms with van der Waals surface area (Å²) in [4.78, 5) is 11.2. The summed E-state index contributed by atoms with van der Waals surface area (Å²) in [5.41, 5.74) is 0.423. The zero-order valence-corrected chi connectivity index (χ0v) is 9.79. The second-order valence-corrected chi connectivity index (χ2v) is 3.41. The topological polar surface area (TPSA) is 76.0 Å². The molecule has 0 bridgehead atoms. The highest BCUT2D eigenvalue weighted by Gasteiger charge is 2.26. The molecule has 0 aromatic heterocycles. The molecular formula is C12H16O5. The minimum Gasteiger partial charge on any atom is -0.497 e. The highest BCUT2D eigenvalue weighted by atomic mass is 16.5. The quantitative estimate of drug-likeness (QED) is 0.739. The molecule has 5 heteroatoms. The number of carbonyl (C=O) groups excluding carboxylic acids is 1. The predicted molar refractivity (Wildman–Crippen MR) is 60.6 cm³/mol. The van der Waals surface area contributed by atoms with E-state index in [1.54, 1.807) is 31.2 Å². The molecule has 1 rings (SSSR count). The molecule has 5 nitrogen and oxygen atoms in total. The maximum Gasteiger partial charge on any atom is 0.338 e. The maximum absolute atomic E-state index is 11.2. The molecule has 0 radical (unpaired) electrons. The van der Waals surface area contributed by atoms with E-state index in [1.807, 2.05) is 0 Å². The molecule has 0 fully saturated rings. The summed E-state index contributed by atoms with van der Waals surface area (Å²) in [6.07, 6.45) is -2.89. The van der Waals surface area contributed by atoms with Gasteiger partial charge in [0.1, 0.15) is 11.9 Å². The van der Waals surface area contributed by atoms with E-state index in [0.29, 0.717) is 11.3 Å². The number of aliphatic hydroxyl groups excluding tert-OH is 2. The Labute approximate surface area is 99.6 Å². The van der Waals surface area contributed by atoms with Gasteiger partial charge in [-0.15, -0.1) is 0 Å². The average Bonchev–Trinajstić information content (AvgIpc) is 2.37. The lowest BCUT2D eigenvalue weighted by molar-refractivity contribution is -0.159. The van der Waals surface area contributed by atoms with Gasteiger partial charge in [-0.05, 0) is 24.6 Å². The summed E-state index contributed by atoms with van der Waals surface area (Å²) in [7, 11) is 1.53. The summed E-state index contributed by atoms with van der Waals surface area (Å²) < 4.78 is 9.58. The van der Waals surface area contributed by atoms with E-state index in [1.165, 1.54) is 7.11 Å². The molecule has 0 saturated carbocycles. The van der Waals surface area contributed by atoms with Crippen molar-refractivity contribution in [2.24, 2.45) is 0 Å². The van der Waals surface area contributed by atoms with Crippen LogP contribution in [0.5, 0.6) is 5.75 Å². The average molecular weight is 240 g/mol. The lowest BCUT2D eigenvalue weighted by atomic mass is 10.0. The Kier molecular flexibility index (Phi) is 4.93. The normalized spacial score (nSPS) is 13.9. The van der Waals surface area contributed by atoms with Crippen LogP contribution >= 0.6 is 0 Å². The van der Waals surface area contributed by atoms with E-state index in [4.69, 9.17) is 4.74 Å². The van der Waals surface area contributed by atoms with Gasteiger partial charge in [0.2, 0.25) is 0 Å². The fraction of sp³-hybridized carbons (Fsp3) is 0.417. The van der Waals surface area contributed by atoms with Gasteiger partial charge in [0, 0.05) is 0 Å². The molecule has 17 heavy (non-hydrogen) atoms. The Hall–Kier alpha value is -1.59. The second kappa shape index (κ2) is 6.22. The van der Waals surface area contributed by atoms with Crippen molar-refractivity contribution in [2.45, 2.75) is 19.1 Å². The first-order valence-electron chi connectivity index (χ1n) is 5.26. The minimum absolute atomic E-state index is 0.158. The number of methoxy groups -OCH3 is 1. The third kappa shape index (κ3) is 3.44. The Bertz CT molecular complexity index is 360. The van der Waals surface area contributed by atoms with Gasteiger partial charge in [-0.2, -0.15) is 0 Å². The largest absolute Gasteiger partial charge is 0.497 e. The van der Waals surface area contributed by atoms with Crippen molar-refractivity contribution < 1.29 is 24.5 Å². The van der Waals surface area contributed by atoms with Crippen molar-refractivity contribution in [1.29, 1.82) is 0 Å². The lowest BCUT2D eigenvalue weighted by Crippen LogP contribution is -2.29. The molecule has 0 saturated heterocycles. The number of carbonyl (C=O) groups is 1. The van der Waals surface area contributed by atoms with Crippen molar-refractivity contribution >= 4 is 5.97 Å². The van der Waals surface area contributed by atoms with Crippen LogP contribution in [0.15, 0.2) is 24.3 Å². The first-order chi connectivity index (χ1) is 8.10. The van der Waals surface area contributed by atoms with Crippen LogP contribution in [0.4, 0.5) is 0 Å². The Morgan fingerprint density at radius 2 is 1.88 bits per heavy atom. The number of hydrogen-bond acceptors (Lipinski definition) is 5. The van der Waals surface area contributed by atoms with E-state index < -0.39 is 18.2 Å². The van der Waals surface area contributed by atoms with Crippen LogP contribution in [0.3, 0.4) is 0 Å². The van der Waals surface area contributed by atoms with E-state index in [0.717, 1.165) is 0 Å². The van der Waals surface area contributed by atoms with Gasteiger partial charge in [0.15, 0.2) is 6.10 Å². The van der Waals surface area contributed by atoms with Crippen molar-refractivity contribution in [1.82, 2.24) is 0 Å². The number of hydrogen-bond donors (Lipinski definition) is 2. The number of rotatable bonds is 5. The van der Waals surface area contributed by atoms with Gasteiger partial charge >= 0.3 is 5.97 Å². The summed E-state index contributed by atoms with van der Waals surface area (Å²) in [6, 6.07) is 6.42. The van der Waals surface area contributed by atoms with E-state index in [2.05, 4.69) is 4.74 Å². The Morgan fingerprint density at radius 1 is 1.29 bits per heavy atom. The summed E-state index contributed by atoms with van der Waals surface area (Å²) in [5.74, 6) is -0.206. The third-order valence-electron chi connectivity index (χ3n) is 2.28. The SMILES string of the molecule is CCOC(=O)[C@@H](O)[C@H](O)c1ccc(OC)cc1. The fourth-order valence-electron chi connectivity index (χ4n) is 1.34. The van der Waals surface area contributed by atoms with Gasteiger partial charge in [0.25, 0.3) is 0 Å². The Morgan fingerprint density at radius 3 is 2.35 bits per heavy atom. The molecule has 1 aromatic carbocycles. The smallest absolute Gasteiger partial charge is 0.338 e. The highest BCUT2D eigenvalue weighted by Crippen LogP contribution is 2.20. The van der Waals surface area contributed by atoms with E-state index >= 15 is 0 Å². The minimum atomic E-state index is -1.58. The van der Waals surface area contributed by atoms with Gasteiger partial charge in [-0.1, -0.05) is 12.1 Å². The number of benzene rings is 1. The molecule has 2 N–H and O–H groups in total. The van der Waals surface area contributed by atoms with Crippen molar-refractivity contribution in [2.75, 3.05) is 13.7 Å². The molecule has 0 aliphatic carbocycles. The highest BCUT2D eigenvalue weighted by molar-refractivity contribution is 5.75. The van der Waals surface area contributed by atoms with Gasteiger partial charge in [-0.3, -0.25) is 0 Å². The van der Waals surface area contributed by atoms with Crippen molar-refractivity contribution in [3.05, 3.63) is 29.8 Å². The molecule has 0 heterocycles. The fourth-order valence-corrected chi connectivity index (χ4v) is 1.34.